The highest BCUT2D eigenvalue weighted by molar-refractivity contribution is 5.69. The zero-order valence-corrected chi connectivity index (χ0v) is 11.7. The van der Waals surface area contributed by atoms with E-state index < -0.39 is 5.60 Å². The van der Waals surface area contributed by atoms with Gasteiger partial charge >= 0.3 is 6.09 Å². The molecule has 0 aromatic carbocycles. The molecule has 0 saturated carbocycles. The van der Waals surface area contributed by atoms with Crippen LogP contribution in [0.3, 0.4) is 0 Å². The summed E-state index contributed by atoms with van der Waals surface area (Å²) >= 11 is 0. The molecule has 1 aromatic heterocycles. The second-order valence-electron chi connectivity index (χ2n) is 5.71. The van der Waals surface area contributed by atoms with Crippen molar-refractivity contribution in [2.45, 2.75) is 38.8 Å². The first-order valence-corrected chi connectivity index (χ1v) is 6.60. The Balaban J connectivity index is 1.81. The lowest BCUT2D eigenvalue weighted by Crippen LogP contribution is -2.55. The van der Waals surface area contributed by atoms with Crippen molar-refractivity contribution in [1.82, 2.24) is 9.88 Å². The molecular formula is C14H21N3O2. The predicted octanol–water partition coefficient (Wildman–Crippen LogP) is 2.50. The van der Waals surface area contributed by atoms with Crippen molar-refractivity contribution >= 4 is 11.9 Å². The van der Waals surface area contributed by atoms with Crippen molar-refractivity contribution in [1.29, 1.82) is 0 Å². The molecule has 1 aliphatic heterocycles. The molecule has 1 fully saturated rings. The van der Waals surface area contributed by atoms with Crippen molar-refractivity contribution in [3.63, 3.8) is 0 Å². The lowest BCUT2D eigenvalue weighted by Gasteiger charge is -2.41. The molecule has 1 aliphatic rings. The summed E-state index contributed by atoms with van der Waals surface area (Å²) in [5.41, 5.74) is -0.439. The van der Waals surface area contributed by atoms with E-state index in [1.54, 1.807) is 11.1 Å². The number of rotatable bonds is 3. The Morgan fingerprint density at radius 3 is 2.84 bits per heavy atom. The van der Waals surface area contributed by atoms with Crippen LogP contribution in [0.5, 0.6) is 0 Å². The highest BCUT2D eigenvalue weighted by atomic mass is 16.6. The molecule has 1 amide bonds. The van der Waals surface area contributed by atoms with E-state index in [-0.39, 0.29) is 12.1 Å². The molecule has 104 valence electrons. The van der Waals surface area contributed by atoms with E-state index in [4.69, 9.17) is 4.74 Å². The topological polar surface area (TPSA) is 54.5 Å². The van der Waals surface area contributed by atoms with Gasteiger partial charge in [-0.1, -0.05) is 6.07 Å². The Morgan fingerprint density at radius 2 is 2.32 bits per heavy atom. The quantitative estimate of drug-likeness (QED) is 0.910. The van der Waals surface area contributed by atoms with Crippen molar-refractivity contribution in [3.8, 4) is 0 Å². The first-order chi connectivity index (χ1) is 8.96. The Hall–Kier alpha value is -1.78. The summed E-state index contributed by atoms with van der Waals surface area (Å²) in [4.78, 5) is 17.9. The molecule has 1 saturated heterocycles. The monoisotopic (exact) mass is 263 g/mol. The number of hydrogen-bond donors (Lipinski definition) is 1. The summed E-state index contributed by atoms with van der Waals surface area (Å²) in [6.45, 7) is 7.11. The SMILES string of the molecule is CC(C)(C)OC(=O)N1CCC1CNc1ccccn1. The first kappa shape index (κ1) is 13.6. The summed E-state index contributed by atoms with van der Waals surface area (Å²) in [5, 5.41) is 3.23. The number of carbonyl (C=O) groups excluding carboxylic acids is 1. The van der Waals surface area contributed by atoms with Crippen LogP contribution in [0.2, 0.25) is 0 Å². The zero-order valence-electron chi connectivity index (χ0n) is 11.7. The van der Waals surface area contributed by atoms with E-state index >= 15 is 0 Å². The standard InChI is InChI=1S/C14H21N3O2/c1-14(2,3)19-13(18)17-9-7-11(17)10-16-12-6-4-5-8-15-12/h4-6,8,11H,7,9-10H2,1-3H3,(H,15,16). The van der Waals surface area contributed by atoms with Gasteiger partial charge in [-0.3, -0.25) is 0 Å². The fraction of sp³-hybridized carbons (Fsp3) is 0.571. The van der Waals surface area contributed by atoms with Crippen molar-refractivity contribution in [2.24, 2.45) is 0 Å². The third-order valence-electron chi connectivity index (χ3n) is 2.96. The lowest BCUT2D eigenvalue weighted by molar-refractivity contribution is -0.00275. The van der Waals surface area contributed by atoms with Gasteiger partial charge in [-0.05, 0) is 39.3 Å². The molecule has 2 rings (SSSR count). The van der Waals surface area contributed by atoms with E-state index in [1.807, 2.05) is 39.0 Å². The molecule has 1 unspecified atom stereocenters. The fourth-order valence-electron chi connectivity index (χ4n) is 1.90. The van der Waals surface area contributed by atoms with Crippen LogP contribution in [0.1, 0.15) is 27.2 Å². The fourth-order valence-corrected chi connectivity index (χ4v) is 1.90. The van der Waals surface area contributed by atoms with Crippen LogP contribution in [0.25, 0.3) is 0 Å². The molecule has 0 radical (unpaired) electrons. The number of carbonyl (C=O) groups is 1. The zero-order chi connectivity index (χ0) is 13.9. The minimum atomic E-state index is -0.439. The smallest absolute Gasteiger partial charge is 0.410 e. The van der Waals surface area contributed by atoms with Gasteiger partial charge in [0.2, 0.25) is 0 Å². The minimum Gasteiger partial charge on any atom is -0.444 e. The van der Waals surface area contributed by atoms with Gasteiger partial charge in [-0.25, -0.2) is 9.78 Å². The Bertz CT molecular complexity index is 428. The van der Waals surface area contributed by atoms with Crippen LogP contribution in [0.15, 0.2) is 24.4 Å². The Labute approximate surface area is 114 Å². The second-order valence-corrected chi connectivity index (χ2v) is 5.71. The molecule has 0 aliphatic carbocycles. The highest BCUT2D eigenvalue weighted by Gasteiger charge is 2.34. The van der Waals surface area contributed by atoms with Crippen LogP contribution in [0.4, 0.5) is 10.6 Å². The summed E-state index contributed by atoms with van der Waals surface area (Å²) in [6.07, 6.45) is 2.51. The van der Waals surface area contributed by atoms with E-state index in [0.717, 1.165) is 18.8 Å². The van der Waals surface area contributed by atoms with Gasteiger partial charge < -0.3 is 15.0 Å². The van der Waals surface area contributed by atoms with Crippen LogP contribution in [-0.2, 0) is 4.74 Å². The normalized spacial score (nSPS) is 18.7. The van der Waals surface area contributed by atoms with Crippen LogP contribution < -0.4 is 5.32 Å². The minimum absolute atomic E-state index is 0.192. The van der Waals surface area contributed by atoms with Crippen LogP contribution >= 0.6 is 0 Å². The summed E-state index contributed by atoms with van der Waals surface area (Å²) in [7, 11) is 0. The van der Waals surface area contributed by atoms with Gasteiger partial charge in [-0.15, -0.1) is 0 Å². The van der Waals surface area contributed by atoms with Gasteiger partial charge in [0.05, 0.1) is 6.04 Å². The number of aromatic nitrogens is 1. The Kier molecular flexibility index (Phi) is 3.93. The third-order valence-corrected chi connectivity index (χ3v) is 2.96. The maximum absolute atomic E-state index is 11.9. The lowest BCUT2D eigenvalue weighted by atomic mass is 10.0. The van der Waals surface area contributed by atoms with Gasteiger partial charge in [0.25, 0.3) is 0 Å². The maximum Gasteiger partial charge on any atom is 0.410 e. The second kappa shape index (κ2) is 5.47. The number of pyridine rings is 1. The molecule has 1 aromatic rings. The van der Waals surface area contributed by atoms with Gasteiger partial charge in [-0.2, -0.15) is 0 Å². The van der Waals surface area contributed by atoms with Crippen molar-refractivity contribution in [2.75, 3.05) is 18.4 Å². The van der Waals surface area contributed by atoms with Crippen LogP contribution in [0, 0.1) is 0 Å². The van der Waals surface area contributed by atoms with E-state index in [0.29, 0.717) is 6.54 Å². The van der Waals surface area contributed by atoms with Gasteiger partial charge in [0.15, 0.2) is 0 Å². The van der Waals surface area contributed by atoms with E-state index in [1.165, 1.54) is 0 Å². The first-order valence-electron chi connectivity index (χ1n) is 6.60. The van der Waals surface area contributed by atoms with Crippen molar-refractivity contribution < 1.29 is 9.53 Å². The number of amides is 1. The average Bonchev–Trinajstić information content (AvgIpc) is 2.26. The molecule has 19 heavy (non-hydrogen) atoms. The summed E-state index contributed by atoms with van der Waals surface area (Å²) < 4.78 is 5.37. The largest absolute Gasteiger partial charge is 0.444 e. The van der Waals surface area contributed by atoms with E-state index in [9.17, 15) is 4.79 Å². The highest BCUT2D eigenvalue weighted by Crippen LogP contribution is 2.21. The molecule has 0 spiro atoms. The molecule has 5 heteroatoms. The van der Waals surface area contributed by atoms with E-state index in [2.05, 4.69) is 10.3 Å². The number of ether oxygens (including phenoxy) is 1. The molecule has 2 heterocycles. The molecule has 1 atom stereocenters. The summed E-state index contributed by atoms with van der Waals surface area (Å²) in [6, 6.07) is 5.91. The number of hydrogen-bond acceptors (Lipinski definition) is 4. The summed E-state index contributed by atoms with van der Waals surface area (Å²) in [5.74, 6) is 0.832. The van der Waals surface area contributed by atoms with Gasteiger partial charge in [0.1, 0.15) is 11.4 Å². The Morgan fingerprint density at radius 1 is 1.53 bits per heavy atom. The predicted molar refractivity (Wildman–Crippen MR) is 74.1 cm³/mol. The molecule has 0 bridgehead atoms. The maximum atomic E-state index is 11.9. The molecule has 5 nitrogen and oxygen atoms in total. The van der Waals surface area contributed by atoms with Gasteiger partial charge in [0, 0.05) is 19.3 Å². The number of nitrogens with one attached hydrogen (secondary N) is 1. The number of likely N-dealkylation sites (tertiary alicyclic amines) is 1. The number of anilines is 1. The van der Waals surface area contributed by atoms with Crippen LogP contribution in [-0.4, -0.2) is 40.7 Å². The number of nitrogens with zero attached hydrogens (tertiary/aromatic N) is 2. The van der Waals surface area contributed by atoms with Crippen molar-refractivity contribution in [3.05, 3.63) is 24.4 Å². The third kappa shape index (κ3) is 3.84. The molecule has 1 N–H and O–H groups in total. The average molecular weight is 263 g/mol. The molecular weight excluding hydrogens is 242 g/mol.